The molecular weight excluding hydrogens is 266 g/mol. The molecule has 1 heterocycles. The van der Waals surface area contributed by atoms with Crippen molar-refractivity contribution in [3.8, 4) is 0 Å². The van der Waals surface area contributed by atoms with Crippen LogP contribution in [0.4, 0.5) is 0 Å². The van der Waals surface area contributed by atoms with E-state index in [9.17, 15) is 9.59 Å². The van der Waals surface area contributed by atoms with E-state index in [-0.39, 0.29) is 28.8 Å². The van der Waals surface area contributed by atoms with Gasteiger partial charge in [0.1, 0.15) is 0 Å². The standard InChI is InChI=1S/C16H31N3O2/c1-15(2,3)14(21)19-10-7-12(8-11-19)18-13(20)6-9-16(4,5)17/h12H,6-11,17H2,1-5H3,(H,18,20). The molecule has 0 unspecified atom stereocenters. The maximum atomic E-state index is 12.2. The Morgan fingerprint density at radius 2 is 1.67 bits per heavy atom. The Balaban J connectivity index is 2.34. The van der Waals surface area contributed by atoms with E-state index in [1.807, 2.05) is 39.5 Å². The summed E-state index contributed by atoms with van der Waals surface area (Å²) in [5, 5.41) is 3.06. The van der Waals surface area contributed by atoms with Crippen molar-refractivity contribution in [1.29, 1.82) is 0 Å². The van der Waals surface area contributed by atoms with Crippen LogP contribution in [-0.2, 0) is 9.59 Å². The van der Waals surface area contributed by atoms with Gasteiger partial charge in [0.05, 0.1) is 0 Å². The van der Waals surface area contributed by atoms with Gasteiger partial charge in [-0.25, -0.2) is 0 Å². The first-order chi connectivity index (χ1) is 9.49. The number of likely N-dealkylation sites (tertiary alicyclic amines) is 1. The number of rotatable bonds is 4. The summed E-state index contributed by atoms with van der Waals surface area (Å²) in [6.45, 7) is 11.1. The fourth-order valence-corrected chi connectivity index (χ4v) is 2.44. The molecule has 0 aromatic rings. The minimum Gasteiger partial charge on any atom is -0.353 e. The van der Waals surface area contributed by atoms with Gasteiger partial charge in [-0.2, -0.15) is 0 Å². The molecule has 1 aliphatic heterocycles. The zero-order valence-corrected chi connectivity index (χ0v) is 14.2. The molecule has 1 fully saturated rings. The quantitative estimate of drug-likeness (QED) is 0.828. The molecule has 0 aliphatic carbocycles. The molecular formula is C16H31N3O2. The monoisotopic (exact) mass is 297 g/mol. The van der Waals surface area contributed by atoms with E-state index in [2.05, 4.69) is 5.32 Å². The maximum absolute atomic E-state index is 12.2. The molecule has 3 N–H and O–H groups in total. The van der Waals surface area contributed by atoms with Crippen molar-refractivity contribution in [3.63, 3.8) is 0 Å². The summed E-state index contributed by atoms with van der Waals surface area (Å²) in [5.41, 5.74) is 5.25. The molecule has 1 rings (SSSR count). The average molecular weight is 297 g/mol. The van der Waals surface area contributed by atoms with E-state index in [4.69, 9.17) is 5.73 Å². The van der Waals surface area contributed by atoms with Gasteiger partial charge in [-0.15, -0.1) is 0 Å². The summed E-state index contributed by atoms with van der Waals surface area (Å²) in [4.78, 5) is 26.0. The zero-order valence-electron chi connectivity index (χ0n) is 14.2. The zero-order chi connectivity index (χ0) is 16.3. The summed E-state index contributed by atoms with van der Waals surface area (Å²) >= 11 is 0. The van der Waals surface area contributed by atoms with Crippen LogP contribution in [0.3, 0.4) is 0 Å². The molecule has 0 aromatic heterocycles. The van der Waals surface area contributed by atoms with Crippen LogP contribution in [0.25, 0.3) is 0 Å². The number of nitrogens with two attached hydrogens (primary N) is 1. The molecule has 1 aliphatic rings. The predicted octanol–water partition coefficient (Wildman–Crippen LogP) is 1.66. The van der Waals surface area contributed by atoms with Crippen LogP contribution in [0.2, 0.25) is 0 Å². The lowest BCUT2D eigenvalue weighted by Gasteiger charge is -2.36. The molecule has 21 heavy (non-hydrogen) atoms. The number of hydrogen-bond donors (Lipinski definition) is 2. The summed E-state index contributed by atoms with van der Waals surface area (Å²) in [5.74, 6) is 0.256. The van der Waals surface area contributed by atoms with Gasteiger partial charge in [0.15, 0.2) is 0 Å². The topological polar surface area (TPSA) is 75.4 Å². The number of piperidine rings is 1. The Hall–Kier alpha value is -1.10. The second-order valence-electron chi connectivity index (χ2n) is 7.87. The average Bonchev–Trinajstić information content (AvgIpc) is 2.34. The van der Waals surface area contributed by atoms with E-state index in [1.165, 1.54) is 0 Å². The molecule has 0 spiro atoms. The molecule has 2 amide bonds. The fourth-order valence-electron chi connectivity index (χ4n) is 2.44. The van der Waals surface area contributed by atoms with E-state index in [0.717, 1.165) is 25.9 Å². The van der Waals surface area contributed by atoms with Crippen LogP contribution in [-0.4, -0.2) is 41.4 Å². The highest BCUT2D eigenvalue weighted by molar-refractivity contribution is 5.81. The third kappa shape index (κ3) is 6.46. The summed E-state index contributed by atoms with van der Waals surface area (Å²) in [7, 11) is 0. The van der Waals surface area contributed by atoms with Gasteiger partial charge in [-0.1, -0.05) is 20.8 Å². The van der Waals surface area contributed by atoms with Crippen molar-refractivity contribution in [1.82, 2.24) is 10.2 Å². The first kappa shape index (κ1) is 18.0. The third-order valence-corrected chi connectivity index (χ3v) is 3.79. The SMILES string of the molecule is CC(C)(N)CCC(=O)NC1CCN(C(=O)C(C)(C)C)CC1. The lowest BCUT2D eigenvalue weighted by molar-refractivity contribution is -0.140. The molecule has 0 atom stereocenters. The van der Waals surface area contributed by atoms with Crippen molar-refractivity contribution >= 4 is 11.8 Å². The van der Waals surface area contributed by atoms with Gasteiger partial charge in [0.25, 0.3) is 0 Å². The first-order valence-electron chi connectivity index (χ1n) is 7.87. The fraction of sp³-hybridized carbons (Fsp3) is 0.875. The van der Waals surface area contributed by atoms with E-state index >= 15 is 0 Å². The third-order valence-electron chi connectivity index (χ3n) is 3.79. The first-order valence-corrected chi connectivity index (χ1v) is 7.87. The van der Waals surface area contributed by atoms with E-state index < -0.39 is 0 Å². The van der Waals surface area contributed by atoms with Gasteiger partial charge in [0.2, 0.25) is 11.8 Å². The highest BCUT2D eigenvalue weighted by Gasteiger charge is 2.30. The highest BCUT2D eigenvalue weighted by Crippen LogP contribution is 2.21. The Morgan fingerprint density at radius 1 is 1.14 bits per heavy atom. The van der Waals surface area contributed by atoms with Crippen molar-refractivity contribution < 1.29 is 9.59 Å². The molecule has 0 bridgehead atoms. The normalized spacial score (nSPS) is 17.7. The second kappa shape index (κ2) is 6.77. The van der Waals surface area contributed by atoms with Crippen molar-refractivity contribution in [3.05, 3.63) is 0 Å². The van der Waals surface area contributed by atoms with Gasteiger partial charge in [-0.3, -0.25) is 9.59 Å². The second-order valence-corrected chi connectivity index (χ2v) is 7.87. The van der Waals surface area contributed by atoms with Gasteiger partial charge in [0, 0.05) is 36.5 Å². The predicted molar refractivity (Wildman–Crippen MR) is 84.7 cm³/mol. The minimum absolute atomic E-state index is 0.0640. The van der Waals surface area contributed by atoms with E-state index in [0.29, 0.717) is 12.8 Å². The summed E-state index contributed by atoms with van der Waals surface area (Å²) < 4.78 is 0. The molecule has 5 nitrogen and oxygen atoms in total. The number of nitrogens with one attached hydrogen (secondary N) is 1. The maximum Gasteiger partial charge on any atom is 0.227 e. The molecule has 1 saturated heterocycles. The van der Waals surface area contributed by atoms with Crippen LogP contribution < -0.4 is 11.1 Å². The van der Waals surface area contributed by atoms with Gasteiger partial charge in [-0.05, 0) is 33.1 Å². The van der Waals surface area contributed by atoms with Crippen LogP contribution >= 0.6 is 0 Å². The Labute approximate surface area is 128 Å². The van der Waals surface area contributed by atoms with Crippen LogP contribution in [0.15, 0.2) is 0 Å². The van der Waals surface area contributed by atoms with Crippen LogP contribution in [0, 0.1) is 5.41 Å². The molecule has 122 valence electrons. The smallest absolute Gasteiger partial charge is 0.227 e. The summed E-state index contributed by atoms with van der Waals surface area (Å²) in [6, 6.07) is 0.183. The van der Waals surface area contributed by atoms with Crippen molar-refractivity contribution in [2.24, 2.45) is 11.1 Å². The van der Waals surface area contributed by atoms with Crippen molar-refractivity contribution in [2.45, 2.75) is 71.9 Å². The number of hydrogen-bond acceptors (Lipinski definition) is 3. The molecule has 5 heteroatoms. The van der Waals surface area contributed by atoms with Gasteiger partial charge < -0.3 is 16.0 Å². The molecule has 0 aromatic carbocycles. The Bertz CT molecular complexity index is 372. The minimum atomic E-state index is -0.331. The Kier molecular flexibility index (Phi) is 5.79. The summed E-state index contributed by atoms with van der Waals surface area (Å²) in [6.07, 6.45) is 2.81. The number of nitrogens with zero attached hydrogens (tertiary/aromatic N) is 1. The lowest BCUT2D eigenvalue weighted by Crippen LogP contribution is -2.49. The molecule has 0 radical (unpaired) electrons. The van der Waals surface area contributed by atoms with E-state index in [1.54, 1.807) is 0 Å². The lowest BCUT2D eigenvalue weighted by atomic mass is 9.93. The number of carbonyl (C=O) groups is 2. The largest absolute Gasteiger partial charge is 0.353 e. The Morgan fingerprint density at radius 3 is 2.10 bits per heavy atom. The molecule has 0 saturated carbocycles. The highest BCUT2D eigenvalue weighted by atomic mass is 16.2. The number of amides is 2. The number of carbonyl (C=O) groups excluding carboxylic acids is 2. The van der Waals surface area contributed by atoms with Crippen LogP contribution in [0.1, 0.15) is 60.3 Å². The van der Waals surface area contributed by atoms with Crippen molar-refractivity contribution in [2.75, 3.05) is 13.1 Å². The van der Waals surface area contributed by atoms with Gasteiger partial charge >= 0.3 is 0 Å². The van der Waals surface area contributed by atoms with Crippen LogP contribution in [0.5, 0.6) is 0 Å².